The van der Waals surface area contributed by atoms with Gasteiger partial charge in [0.25, 0.3) is 0 Å². The molecule has 102 valence electrons. The van der Waals surface area contributed by atoms with E-state index < -0.39 is 0 Å². The molecule has 0 aliphatic heterocycles. The highest BCUT2D eigenvalue weighted by molar-refractivity contribution is 5.85. The Morgan fingerprint density at radius 1 is 0.722 bits per heavy atom. The van der Waals surface area contributed by atoms with Crippen molar-refractivity contribution in [2.45, 2.75) is 20.5 Å². The number of benzene rings is 2. The molecule has 0 atom stereocenters. The van der Waals surface area contributed by atoms with Gasteiger partial charge in [-0.25, -0.2) is 0 Å². The quantitative estimate of drug-likeness (QED) is 0.802. The SMILES string of the molecule is CC.Cl.N.OCc1ccccc1.c1ccccc1. The molecular formula is C15H24ClNO. The maximum atomic E-state index is 8.54. The van der Waals surface area contributed by atoms with Crippen LogP contribution in [0.3, 0.4) is 0 Å². The number of aliphatic hydroxyl groups is 1. The van der Waals surface area contributed by atoms with E-state index in [1.807, 2.05) is 80.6 Å². The van der Waals surface area contributed by atoms with E-state index in [9.17, 15) is 0 Å². The van der Waals surface area contributed by atoms with Gasteiger partial charge in [0.1, 0.15) is 0 Å². The van der Waals surface area contributed by atoms with Gasteiger partial charge in [0, 0.05) is 0 Å². The predicted octanol–water partition coefficient (Wildman–Crippen LogP) is 4.48. The summed E-state index contributed by atoms with van der Waals surface area (Å²) in [6.07, 6.45) is 0. The highest BCUT2D eigenvalue weighted by atomic mass is 35.5. The van der Waals surface area contributed by atoms with Crippen molar-refractivity contribution in [2.75, 3.05) is 0 Å². The molecule has 0 amide bonds. The lowest BCUT2D eigenvalue weighted by atomic mass is 10.2. The molecule has 0 heterocycles. The molecular weight excluding hydrogens is 246 g/mol. The third-order valence-electron chi connectivity index (χ3n) is 1.69. The van der Waals surface area contributed by atoms with Crippen molar-refractivity contribution in [3.63, 3.8) is 0 Å². The molecule has 0 saturated heterocycles. The molecule has 0 unspecified atom stereocenters. The van der Waals surface area contributed by atoms with Gasteiger partial charge in [-0.15, -0.1) is 12.4 Å². The molecule has 0 aliphatic carbocycles. The van der Waals surface area contributed by atoms with Crippen LogP contribution < -0.4 is 6.15 Å². The van der Waals surface area contributed by atoms with Crippen LogP contribution in [0.1, 0.15) is 19.4 Å². The molecule has 4 N–H and O–H groups in total. The van der Waals surface area contributed by atoms with Crippen molar-refractivity contribution in [3.8, 4) is 0 Å². The Morgan fingerprint density at radius 3 is 1.22 bits per heavy atom. The predicted molar refractivity (Wildman–Crippen MR) is 82.4 cm³/mol. The summed E-state index contributed by atoms with van der Waals surface area (Å²) in [4.78, 5) is 0. The van der Waals surface area contributed by atoms with Crippen LogP contribution in [0.2, 0.25) is 0 Å². The van der Waals surface area contributed by atoms with E-state index in [2.05, 4.69) is 0 Å². The van der Waals surface area contributed by atoms with Crippen LogP contribution in [0.25, 0.3) is 0 Å². The van der Waals surface area contributed by atoms with Crippen LogP contribution in [0.15, 0.2) is 66.7 Å². The number of halogens is 1. The summed E-state index contributed by atoms with van der Waals surface area (Å²) in [5.41, 5.74) is 0.965. The van der Waals surface area contributed by atoms with Crippen molar-refractivity contribution in [2.24, 2.45) is 0 Å². The van der Waals surface area contributed by atoms with Crippen molar-refractivity contribution >= 4 is 12.4 Å². The van der Waals surface area contributed by atoms with Crippen molar-refractivity contribution in [1.82, 2.24) is 6.15 Å². The Morgan fingerprint density at radius 2 is 1.00 bits per heavy atom. The first-order valence-corrected chi connectivity index (χ1v) is 5.58. The minimum absolute atomic E-state index is 0. The van der Waals surface area contributed by atoms with E-state index in [4.69, 9.17) is 5.11 Å². The fourth-order valence-corrected chi connectivity index (χ4v) is 0.968. The molecule has 0 aliphatic rings. The normalized spacial score (nSPS) is 7.06. The second-order valence-corrected chi connectivity index (χ2v) is 2.80. The van der Waals surface area contributed by atoms with Crippen LogP contribution in [-0.2, 0) is 6.61 Å². The summed E-state index contributed by atoms with van der Waals surface area (Å²) in [6.45, 7) is 4.14. The summed E-state index contributed by atoms with van der Waals surface area (Å²) in [5, 5.41) is 8.54. The lowest BCUT2D eigenvalue weighted by molar-refractivity contribution is 0.282. The third kappa shape index (κ3) is 12.7. The minimum atomic E-state index is 0. The number of hydrogen-bond acceptors (Lipinski definition) is 2. The Bertz CT molecular complexity index is 300. The van der Waals surface area contributed by atoms with Crippen LogP contribution in [0.5, 0.6) is 0 Å². The molecule has 2 nitrogen and oxygen atoms in total. The second-order valence-electron chi connectivity index (χ2n) is 2.80. The number of hydrogen-bond donors (Lipinski definition) is 2. The van der Waals surface area contributed by atoms with Crippen molar-refractivity contribution < 1.29 is 5.11 Å². The van der Waals surface area contributed by atoms with Gasteiger partial charge in [-0.3, -0.25) is 0 Å². The van der Waals surface area contributed by atoms with Crippen LogP contribution in [0.4, 0.5) is 0 Å². The monoisotopic (exact) mass is 269 g/mol. The zero-order valence-corrected chi connectivity index (χ0v) is 11.9. The zero-order chi connectivity index (χ0) is 12.1. The smallest absolute Gasteiger partial charge is 0.0681 e. The van der Waals surface area contributed by atoms with Gasteiger partial charge in [0.2, 0.25) is 0 Å². The molecule has 2 rings (SSSR count). The highest BCUT2D eigenvalue weighted by Crippen LogP contribution is 1.95. The lowest BCUT2D eigenvalue weighted by Crippen LogP contribution is -1.77. The number of rotatable bonds is 1. The van der Waals surface area contributed by atoms with Crippen molar-refractivity contribution in [1.29, 1.82) is 0 Å². The standard InChI is InChI=1S/C7H8O.C6H6.C2H6.ClH.H3N/c8-6-7-4-2-1-3-5-7;1-2-4-6-5-3-1;1-2;;/h1-5,8H,6H2;1-6H;1-2H3;1H;1H3. The lowest BCUT2D eigenvalue weighted by Gasteiger charge is -1.89. The molecule has 2 aromatic carbocycles. The average Bonchev–Trinajstić information content (AvgIpc) is 2.44. The minimum Gasteiger partial charge on any atom is -0.392 e. The molecule has 0 radical (unpaired) electrons. The molecule has 2 aromatic rings. The van der Waals surface area contributed by atoms with Gasteiger partial charge in [-0.1, -0.05) is 80.6 Å². The largest absolute Gasteiger partial charge is 0.392 e. The molecule has 0 aromatic heterocycles. The first-order chi connectivity index (χ1) is 7.93. The van der Waals surface area contributed by atoms with Gasteiger partial charge < -0.3 is 11.3 Å². The van der Waals surface area contributed by atoms with E-state index in [0.717, 1.165) is 5.56 Å². The molecule has 0 spiro atoms. The van der Waals surface area contributed by atoms with Gasteiger partial charge in [-0.05, 0) is 5.56 Å². The van der Waals surface area contributed by atoms with Crippen LogP contribution >= 0.6 is 12.4 Å². The Labute approximate surface area is 117 Å². The van der Waals surface area contributed by atoms with Gasteiger partial charge in [-0.2, -0.15) is 0 Å². The van der Waals surface area contributed by atoms with E-state index in [-0.39, 0.29) is 25.2 Å². The van der Waals surface area contributed by atoms with Gasteiger partial charge in [0.15, 0.2) is 0 Å². The summed E-state index contributed by atoms with van der Waals surface area (Å²) >= 11 is 0. The average molecular weight is 270 g/mol. The molecule has 0 bridgehead atoms. The molecule has 18 heavy (non-hydrogen) atoms. The second kappa shape index (κ2) is 18.0. The van der Waals surface area contributed by atoms with E-state index in [1.165, 1.54) is 0 Å². The fourth-order valence-electron chi connectivity index (χ4n) is 0.968. The van der Waals surface area contributed by atoms with E-state index in [1.54, 1.807) is 0 Å². The first kappa shape index (κ1) is 21.9. The van der Waals surface area contributed by atoms with E-state index >= 15 is 0 Å². The van der Waals surface area contributed by atoms with Gasteiger partial charge in [0.05, 0.1) is 6.61 Å². The van der Waals surface area contributed by atoms with Gasteiger partial charge >= 0.3 is 0 Å². The van der Waals surface area contributed by atoms with E-state index in [0.29, 0.717) is 0 Å². The molecule has 0 saturated carbocycles. The van der Waals surface area contributed by atoms with Crippen LogP contribution in [0, 0.1) is 0 Å². The number of aliphatic hydroxyl groups excluding tert-OH is 1. The summed E-state index contributed by atoms with van der Waals surface area (Å²) in [6, 6.07) is 21.5. The maximum absolute atomic E-state index is 8.54. The summed E-state index contributed by atoms with van der Waals surface area (Å²) < 4.78 is 0. The maximum Gasteiger partial charge on any atom is 0.0681 e. The van der Waals surface area contributed by atoms with Crippen molar-refractivity contribution in [3.05, 3.63) is 72.3 Å². The Balaban J connectivity index is -0.000000204. The Kier molecular flexibility index (Phi) is 21.9. The first-order valence-electron chi connectivity index (χ1n) is 5.58. The molecule has 0 fully saturated rings. The third-order valence-corrected chi connectivity index (χ3v) is 1.69. The van der Waals surface area contributed by atoms with Crippen LogP contribution in [-0.4, -0.2) is 5.11 Å². The zero-order valence-electron chi connectivity index (χ0n) is 11.1. The molecule has 3 heteroatoms. The topological polar surface area (TPSA) is 55.2 Å². The Hall–Kier alpha value is -1.35. The fraction of sp³-hybridized carbons (Fsp3) is 0.200. The summed E-state index contributed by atoms with van der Waals surface area (Å²) in [7, 11) is 0. The highest BCUT2D eigenvalue weighted by Gasteiger charge is 1.81. The summed E-state index contributed by atoms with van der Waals surface area (Å²) in [5.74, 6) is 0.